The Kier molecular flexibility index (Phi) is 4.47. The minimum atomic E-state index is -1.58. The minimum absolute atomic E-state index is 0.0913. The van der Waals surface area contributed by atoms with E-state index in [1.54, 1.807) is 24.3 Å². The molecule has 0 radical (unpaired) electrons. The molecular formula is C15H12N6O2S2. The van der Waals surface area contributed by atoms with Crippen molar-refractivity contribution >= 4 is 56.0 Å². The molecule has 0 aliphatic heterocycles. The molecule has 0 bridgehead atoms. The SMILES string of the molecule is N#Cc1cc2c(N)c(C(=O)Nc3ccc([S+](N)[O-])cc3)sc2nc1N. The van der Waals surface area contributed by atoms with Crippen LogP contribution in [0.2, 0.25) is 0 Å². The van der Waals surface area contributed by atoms with Gasteiger partial charge in [-0.1, -0.05) is 0 Å². The maximum Gasteiger partial charge on any atom is 0.267 e. The molecule has 8 nitrogen and oxygen atoms in total. The topological polar surface area (TPSA) is 167 Å². The van der Waals surface area contributed by atoms with E-state index < -0.39 is 17.3 Å². The van der Waals surface area contributed by atoms with Crippen LogP contribution >= 0.6 is 11.3 Å². The van der Waals surface area contributed by atoms with Gasteiger partial charge in [-0.15, -0.1) is 16.5 Å². The molecule has 1 atom stereocenters. The van der Waals surface area contributed by atoms with Gasteiger partial charge in [-0.2, -0.15) is 5.26 Å². The molecule has 126 valence electrons. The van der Waals surface area contributed by atoms with Gasteiger partial charge in [0.15, 0.2) is 4.90 Å². The largest absolute Gasteiger partial charge is 0.593 e. The second kappa shape index (κ2) is 6.58. The third kappa shape index (κ3) is 3.21. The fourth-order valence-corrected chi connectivity index (χ4v) is 3.56. The molecule has 0 saturated carbocycles. The van der Waals surface area contributed by atoms with Gasteiger partial charge in [0.2, 0.25) is 0 Å². The molecule has 0 fully saturated rings. The maximum absolute atomic E-state index is 12.5. The number of carbonyl (C=O) groups excluding carboxylic acids is 1. The van der Waals surface area contributed by atoms with Crippen molar-refractivity contribution in [2.24, 2.45) is 5.14 Å². The quantitative estimate of drug-likeness (QED) is 0.506. The number of nitrogens with two attached hydrogens (primary N) is 3. The van der Waals surface area contributed by atoms with Crippen LogP contribution in [0, 0.1) is 11.3 Å². The standard InChI is InChI=1S/C15H12N6O2S2/c16-6-7-5-10-11(17)12(24-15(10)21-13(7)18)14(22)20-8-1-3-9(4-2-8)25(19)23/h1-5H,17,19H2,(H2,18,21)(H,20,22). The summed E-state index contributed by atoms with van der Waals surface area (Å²) in [7, 11) is 0. The monoisotopic (exact) mass is 372 g/mol. The van der Waals surface area contributed by atoms with Gasteiger partial charge in [0, 0.05) is 11.1 Å². The lowest BCUT2D eigenvalue weighted by Crippen LogP contribution is -2.14. The first kappa shape index (κ1) is 17.0. The second-order valence-corrected chi connectivity index (χ2v) is 7.07. The van der Waals surface area contributed by atoms with Crippen LogP contribution in [0.15, 0.2) is 35.2 Å². The van der Waals surface area contributed by atoms with Gasteiger partial charge in [0.25, 0.3) is 5.91 Å². The number of hydrogen-bond donors (Lipinski definition) is 4. The van der Waals surface area contributed by atoms with Crippen LogP contribution in [0.4, 0.5) is 17.2 Å². The highest BCUT2D eigenvalue weighted by molar-refractivity contribution is 7.89. The summed E-state index contributed by atoms with van der Waals surface area (Å²) in [6.45, 7) is 0. The van der Waals surface area contributed by atoms with Crippen molar-refractivity contribution in [3.05, 3.63) is 40.8 Å². The van der Waals surface area contributed by atoms with Crippen molar-refractivity contribution in [3.63, 3.8) is 0 Å². The number of aromatic nitrogens is 1. The number of benzene rings is 1. The van der Waals surface area contributed by atoms with E-state index in [0.717, 1.165) is 11.3 Å². The molecule has 7 N–H and O–H groups in total. The van der Waals surface area contributed by atoms with Crippen molar-refractivity contribution in [2.75, 3.05) is 16.8 Å². The molecule has 2 heterocycles. The van der Waals surface area contributed by atoms with Crippen LogP contribution in [0.1, 0.15) is 15.2 Å². The molecule has 0 spiro atoms. The Labute approximate surface area is 149 Å². The molecule has 3 aromatic rings. The number of rotatable bonds is 3. The first-order valence-corrected chi connectivity index (χ1v) is 8.90. The highest BCUT2D eigenvalue weighted by Gasteiger charge is 2.19. The van der Waals surface area contributed by atoms with Crippen LogP contribution in [0.25, 0.3) is 10.2 Å². The van der Waals surface area contributed by atoms with Gasteiger partial charge in [-0.25, -0.2) is 4.98 Å². The fourth-order valence-electron chi connectivity index (χ4n) is 2.17. The molecule has 25 heavy (non-hydrogen) atoms. The van der Waals surface area contributed by atoms with Crippen molar-refractivity contribution in [1.82, 2.24) is 4.98 Å². The Bertz CT molecular complexity index is 1010. The van der Waals surface area contributed by atoms with Gasteiger partial charge in [0.1, 0.15) is 21.6 Å². The van der Waals surface area contributed by atoms with Gasteiger partial charge >= 0.3 is 0 Å². The van der Waals surface area contributed by atoms with E-state index in [0.29, 0.717) is 20.8 Å². The van der Waals surface area contributed by atoms with Gasteiger partial charge in [-0.3, -0.25) is 4.79 Å². The number of thiophene rings is 1. The lowest BCUT2D eigenvalue weighted by Gasteiger charge is -2.06. The highest BCUT2D eigenvalue weighted by atomic mass is 32.2. The van der Waals surface area contributed by atoms with E-state index in [4.69, 9.17) is 21.9 Å². The summed E-state index contributed by atoms with van der Waals surface area (Å²) in [4.78, 5) is 17.8. The van der Waals surface area contributed by atoms with E-state index >= 15 is 0 Å². The molecule has 0 saturated heterocycles. The summed E-state index contributed by atoms with van der Waals surface area (Å²) in [6.07, 6.45) is 0. The lowest BCUT2D eigenvalue weighted by atomic mass is 10.2. The van der Waals surface area contributed by atoms with Crippen LogP contribution in [-0.4, -0.2) is 15.4 Å². The van der Waals surface area contributed by atoms with E-state index in [1.807, 2.05) is 6.07 Å². The molecule has 1 unspecified atom stereocenters. The summed E-state index contributed by atoms with van der Waals surface area (Å²) < 4.78 is 11.2. The number of anilines is 3. The van der Waals surface area contributed by atoms with E-state index in [1.165, 1.54) is 6.07 Å². The molecule has 1 amide bonds. The summed E-state index contributed by atoms with van der Waals surface area (Å²) in [6, 6.07) is 9.74. The zero-order valence-corrected chi connectivity index (χ0v) is 14.3. The second-order valence-electron chi connectivity index (χ2n) is 5.01. The first-order valence-electron chi connectivity index (χ1n) is 6.87. The number of nitrogens with one attached hydrogen (secondary N) is 1. The number of nitriles is 1. The summed E-state index contributed by atoms with van der Waals surface area (Å²) in [5.41, 5.74) is 12.7. The Hall–Kier alpha value is -2.84. The lowest BCUT2D eigenvalue weighted by molar-refractivity contribution is 0.103. The van der Waals surface area contributed by atoms with Gasteiger partial charge in [0.05, 0.1) is 22.6 Å². The predicted octanol–water partition coefficient (Wildman–Crippen LogP) is 1.57. The number of amides is 1. The fraction of sp³-hybridized carbons (Fsp3) is 0. The maximum atomic E-state index is 12.5. The van der Waals surface area contributed by atoms with Crippen molar-refractivity contribution < 1.29 is 9.35 Å². The van der Waals surface area contributed by atoms with E-state index in [2.05, 4.69) is 10.3 Å². The van der Waals surface area contributed by atoms with Crippen LogP contribution in [-0.2, 0) is 11.4 Å². The Morgan fingerprint density at radius 3 is 2.60 bits per heavy atom. The molecule has 3 rings (SSSR count). The minimum Gasteiger partial charge on any atom is -0.593 e. The normalized spacial score (nSPS) is 11.9. The number of carbonyl (C=O) groups is 1. The smallest absolute Gasteiger partial charge is 0.267 e. The van der Waals surface area contributed by atoms with E-state index in [9.17, 15) is 9.35 Å². The zero-order chi connectivity index (χ0) is 18.1. The van der Waals surface area contributed by atoms with Crippen LogP contribution in [0.5, 0.6) is 0 Å². The third-order valence-corrected chi connectivity index (χ3v) is 5.27. The average Bonchev–Trinajstić information content (AvgIpc) is 2.90. The molecule has 1 aromatic carbocycles. The average molecular weight is 372 g/mol. The summed E-state index contributed by atoms with van der Waals surface area (Å²) in [5.74, 6) is -0.326. The van der Waals surface area contributed by atoms with Crippen molar-refractivity contribution in [3.8, 4) is 6.07 Å². The highest BCUT2D eigenvalue weighted by Crippen LogP contribution is 2.34. The predicted molar refractivity (Wildman–Crippen MR) is 98.2 cm³/mol. The number of fused-ring (bicyclic) bond motifs is 1. The molecule has 10 heteroatoms. The van der Waals surface area contributed by atoms with Crippen molar-refractivity contribution in [2.45, 2.75) is 4.90 Å². The molecular weight excluding hydrogens is 360 g/mol. The molecule has 0 aliphatic rings. The van der Waals surface area contributed by atoms with Crippen molar-refractivity contribution in [1.29, 1.82) is 5.26 Å². The Balaban J connectivity index is 1.92. The Morgan fingerprint density at radius 1 is 1.32 bits per heavy atom. The number of hydrogen-bond acceptors (Lipinski definition) is 8. The Morgan fingerprint density at radius 2 is 2.00 bits per heavy atom. The third-order valence-electron chi connectivity index (χ3n) is 3.42. The van der Waals surface area contributed by atoms with Gasteiger partial charge in [-0.05, 0) is 30.3 Å². The first-order chi connectivity index (χ1) is 11.9. The van der Waals surface area contributed by atoms with Gasteiger partial charge < -0.3 is 21.3 Å². The zero-order valence-electron chi connectivity index (χ0n) is 12.6. The number of nitrogen functional groups attached to an aromatic ring is 2. The molecule has 0 aliphatic carbocycles. The molecule has 2 aromatic heterocycles. The summed E-state index contributed by atoms with van der Waals surface area (Å²) in [5, 5.41) is 17.5. The van der Waals surface area contributed by atoms with Crippen LogP contribution in [0.3, 0.4) is 0 Å². The number of nitrogens with zero attached hydrogens (tertiary/aromatic N) is 2. The summed E-state index contributed by atoms with van der Waals surface area (Å²) >= 11 is -0.496. The van der Waals surface area contributed by atoms with E-state index in [-0.39, 0.29) is 21.9 Å². The van der Waals surface area contributed by atoms with Crippen LogP contribution < -0.4 is 21.9 Å². The number of pyridine rings is 1.